The Labute approximate surface area is 259 Å². The minimum atomic E-state index is -0.501. The largest absolute Gasteiger partial charge is 0.426 e. The van der Waals surface area contributed by atoms with Crippen LogP contribution in [-0.4, -0.2) is 62.9 Å². The van der Waals surface area contributed by atoms with Crippen LogP contribution in [0.1, 0.15) is 68.8 Å². The lowest BCUT2D eigenvalue weighted by Gasteiger charge is -2.45. The lowest BCUT2D eigenvalue weighted by Crippen LogP contribution is -2.49. The number of rotatable bonds is 8. The monoisotopic (exact) mass is 590 g/mol. The van der Waals surface area contributed by atoms with Crippen molar-refractivity contribution in [1.82, 2.24) is 19.4 Å². The molecular weight excluding hydrogens is 548 g/mol. The highest BCUT2D eigenvalue weighted by Crippen LogP contribution is 2.45. The van der Waals surface area contributed by atoms with Crippen LogP contribution in [0, 0.1) is 6.92 Å². The van der Waals surface area contributed by atoms with E-state index in [-0.39, 0.29) is 17.7 Å². The molecule has 0 spiro atoms. The van der Waals surface area contributed by atoms with Gasteiger partial charge in [-0.15, -0.1) is 0 Å². The molecule has 3 fully saturated rings. The zero-order valence-electron chi connectivity index (χ0n) is 25.6. The van der Waals surface area contributed by atoms with Crippen LogP contribution in [0.5, 0.6) is 5.75 Å². The number of hydrogen-bond donors (Lipinski definition) is 0. The molecule has 228 valence electrons. The highest BCUT2D eigenvalue weighted by molar-refractivity contribution is 5.95. The number of imidazole rings is 1. The molecule has 1 aromatic heterocycles. The maximum absolute atomic E-state index is 13.1. The van der Waals surface area contributed by atoms with Crippen LogP contribution < -0.4 is 4.74 Å². The van der Waals surface area contributed by atoms with Crippen LogP contribution in [0.15, 0.2) is 84.9 Å². The van der Waals surface area contributed by atoms with Gasteiger partial charge in [-0.2, -0.15) is 0 Å². The number of fused-ring (bicyclic) bond motifs is 3. The zero-order valence-corrected chi connectivity index (χ0v) is 25.6. The Morgan fingerprint density at radius 3 is 2.18 bits per heavy atom. The first-order valence-electron chi connectivity index (χ1n) is 16.3. The highest BCUT2D eigenvalue weighted by Gasteiger charge is 2.44. The second kappa shape index (κ2) is 12.2. The molecule has 7 heteroatoms. The van der Waals surface area contributed by atoms with E-state index in [1.54, 1.807) is 12.1 Å². The SMILES string of the molecule is Cc1nc2ccccc2n1C1C[C@H]2CC[C@@H](C1)N2CCC1(c2ccccc2)CCN(C(=O)CC(=O)Oc2ccccc2)CC1. The number of piperidine rings is 2. The number of hydrogen-bond acceptors (Lipinski definition) is 5. The summed E-state index contributed by atoms with van der Waals surface area (Å²) in [6.45, 7) is 4.56. The number of benzene rings is 3. The lowest BCUT2D eigenvalue weighted by atomic mass is 9.70. The van der Waals surface area contributed by atoms with Gasteiger partial charge in [0.2, 0.25) is 5.91 Å². The van der Waals surface area contributed by atoms with E-state index < -0.39 is 5.97 Å². The van der Waals surface area contributed by atoms with Crippen LogP contribution >= 0.6 is 0 Å². The Morgan fingerprint density at radius 2 is 1.48 bits per heavy atom. The van der Waals surface area contributed by atoms with Crippen LogP contribution in [0.25, 0.3) is 11.0 Å². The number of carbonyl (C=O) groups is 2. The smallest absolute Gasteiger partial charge is 0.320 e. The Morgan fingerprint density at radius 1 is 0.841 bits per heavy atom. The summed E-state index contributed by atoms with van der Waals surface area (Å²) in [7, 11) is 0. The van der Waals surface area contributed by atoms with Crippen molar-refractivity contribution in [3.63, 3.8) is 0 Å². The molecule has 3 saturated heterocycles. The van der Waals surface area contributed by atoms with E-state index in [1.807, 2.05) is 23.1 Å². The summed E-state index contributed by atoms with van der Waals surface area (Å²) in [5.74, 6) is 0.953. The summed E-state index contributed by atoms with van der Waals surface area (Å²) in [6, 6.07) is 30.1. The van der Waals surface area contributed by atoms with Crippen LogP contribution in [0.3, 0.4) is 0 Å². The minimum Gasteiger partial charge on any atom is -0.426 e. The molecule has 0 N–H and O–H groups in total. The third kappa shape index (κ3) is 5.65. The molecule has 3 aromatic carbocycles. The fourth-order valence-electron chi connectivity index (χ4n) is 8.34. The van der Waals surface area contributed by atoms with Crippen molar-refractivity contribution in [3.05, 3.63) is 96.3 Å². The molecule has 0 saturated carbocycles. The number of ether oxygens (including phenoxy) is 1. The summed E-state index contributed by atoms with van der Waals surface area (Å²) in [5, 5.41) is 0. The number of aryl methyl sites for hydroxylation is 1. The van der Waals surface area contributed by atoms with E-state index in [1.165, 1.54) is 36.8 Å². The van der Waals surface area contributed by atoms with E-state index in [4.69, 9.17) is 9.72 Å². The normalized spacial score (nSPS) is 23.1. The molecule has 0 aliphatic carbocycles. The highest BCUT2D eigenvalue weighted by atomic mass is 16.5. The van der Waals surface area contributed by atoms with E-state index in [2.05, 4.69) is 71.0 Å². The van der Waals surface area contributed by atoms with Crippen LogP contribution in [-0.2, 0) is 15.0 Å². The Bertz CT molecular complexity index is 1600. The topological polar surface area (TPSA) is 67.7 Å². The molecule has 7 rings (SSSR count). The molecule has 3 aliphatic rings. The van der Waals surface area contributed by atoms with Gasteiger partial charge in [-0.1, -0.05) is 60.7 Å². The maximum Gasteiger partial charge on any atom is 0.320 e. The summed E-state index contributed by atoms with van der Waals surface area (Å²) >= 11 is 0. The van der Waals surface area contributed by atoms with Crippen molar-refractivity contribution in [2.45, 2.75) is 81.8 Å². The average Bonchev–Trinajstić information content (AvgIpc) is 3.51. The molecule has 2 bridgehead atoms. The van der Waals surface area contributed by atoms with Gasteiger partial charge in [0.1, 0.15) is 18.0 Å². The number of amides is 1. The van der Waals surface area contributed by atoms with Gasteiger partial charge < -0.3 is 14.2 Å². The first-order chi connectivity index (χ1) is 21.5. The summed E-state index contributed by atoms with van der Waals surface area (Å²) in [4.78, 5) is 35.1. The van der Waals surface area contributed by atoms with Crippen LogP contribution in [0.2, 0.25) is 0 Å². The molecule has 44 heavy (non-hydrogen) atoms. The molecule has 1 unspecified atom stereocenters. The van der Waals surface area contributed by atoms with E-state index >= 15 is 0 Å². The fourth-order valence-corrected chi connectivity index (χ4v) is 8.34. The van der Waals surface area contributed by atoms with Crippen molar-refractivity contribution in [3.8, 4) is 5.75 Å². The average molecular weight is 591 g/mol. The summed E-state index contributed by atoms with van der Waals surface area (Å²) in [5.41, 5.74) is 3.76. The van der Waals surface area contributed by atoms with Crippen LogP contribution in [0.4, 0.5) is 0 Å². The molecule has 3 atom stereocenters. The van der Waals surface area contributed by atoms with Gasteiger partial charge in [-0.05, 0) is 93.7 Å². The van der Waals surface area contributed by atoms with Gasteiger partial charge in [0.25, 0.3) is 0 Å². The second-order valence-electron chi connectivity index (χ2n) is 13.0. The number of para-hydroxylation sites is 3. The number of esters is 1. The van der Waals surface area contributed by atoms with Gasteiger partial charge in [-0.3, -0.25) is 14.5 Å². The number of carbonyl (C=O) groups excluding carboxylic acids is 2. The zero-order chi connectivity index (χ0) is 30.1. The summed E-state index contributed by atoms with van der Waals surface area (Å²) < 4.78 is 7.89. The quantitative estimate of drug-likeness (QED) is 0.134. The standard InChI is InChI=1S/C37H42N4O3/c1-27-38-33-14-8-9-15-34(33)41(27)31-24-29-16-17-30(25-31)40(29)23-20-37(28-10-4-2-5-11-28)18-21-39(22-19-37)35(42)26-36(43)44-32-12-6-3-7-13-32/h2-15,29-31H,16-26H2,1H3/t29-,30+,31?. The minimum absolute atomic E-state index is 0.0238. The Balaban J connectivity index is 1.01. The predicted molar refractivity (Wildman–Crippen MR) is 172 cm³/mol. The van der Waals surface area contributed by atoms with Crippen molar-refractivity contribution >= 4 is 22.9 Å². The molecule has 7 nitrogen and oxygen atoms in total. The lowest BCUT2D eigenvalue weighted by molar-refractivity contribution is -0.143. The second-order valence-corrected chi connectivity index (χ2v) is 13.0. The number of likely N-dealkylation sites (tertiary alicyclic amines) is 1. The number of nitrogens with zero attached hydrogens (tertiary/aromatic N) is 4. The van der Waals surface area contributed by atoms with E-state index in [0.717, 1.165) is 37.1 Å². The van der Waals surface area contributed by atoms with Gasteiger partial charge in [-0.25, -0.2) is 4.98 Å². The molecule has 0 radical (unpaired) electrons. The molecule has 1 amide bonds. The van der Waals surface area contributed by atoms with Gasteiger partial charge in [0.05, 0.1) is 11.0 Å². The summed E-state index contributed by atoms with van der Waals surface area (Å²) in [6.07, 6.45) is 7.57. The predicted octanol–water partition coefficient (Wildman–Crippen LogP) is 6.46. The first kappa shape index (κ1) is 28.8. The molecular formula is C37H42N4O3. The van der Waals surface area contributed by atoms with Crippen molar-refractivity contribution in [2.75, 3.05) is 19.6 Å². The van der Waals surface area contributed by atoms with Crippen molar-refractivity contribution in [1.29, 1.82) is 0 Å². The van der Waals surface area contributed by atoms with Gasteiger partial charge >= 0.3 is 5.97 Å². The van der Waals surface area contributed by atoms with Gasteiger partial charge in [0.15, 0.2) is 0 Å². The maximum atomic E-state index is 13.1. The number of aromatic nitrogens is 2. The third-order valence-electron chi connectivity index (χ3n) is 10.6. The van der Waals surface area contributed by atoms with Crippen molar-refractivity contribution in [2.24, 2.45) is 0 Å². The fraction of sp³-hybridized carbons (Fsp3) is 0.432. The van der Waals surface area contributed by atoms with E-state index in [0.29, 0.717) is 37.0 Å². The Hall–Kier alpha value is -3.97. The Kier molecular flexibility index (Phi) is 7.98. The molecule has 4 heterocycles. The first-order valence-corrected chi connectivity index (χ1v) is 16.3. The molecule has 4 aromatic rings. The van der Waals surface area contributed by atoms with Crippen molar-refractivity contribution < 1.29 is 14.3 Å². The third-order valence-corrected chi connectivity index (χ3v) is 10.6. The van der Waals surface area contributed by atoms with E-state index in [9.17, 15) is 9.59 Å². The molecule has 3 aliphatic heterocycles. The van der Waals surface area contributed by atoms with Gasteiger partial charge in [0, 0.05) is 31.2 Å².